The number of carboxylic acids is 2. The molecule has 0 saturated heterocycles. The molecule has 0 fully saturated rings. The van der Waals surface area contributed by atoms with Crippen LogP contribution in [0.1, 0.15) is 6.42 Å². The summed E-state index contributed by atoms with van der Waals surface area (Å²) >= 11 is 5.67. The van der Waals surface area contributed by atoms with Crippen molar-refractivity contribution < 1.29 is 24.5 Å². The Hall–Kier alpha value is -1.75. The van der Waals surface area contributed by atoms with E-state index in [2.05, 4.69) is 0 Å². The zero-order valence-electron chi connectivity index (χ0n) is 8.09. The highest BCUT2D eigenvalue weighted by atomic mass is 35.5. The molecule has 1 aromatic rings. The first-order chi connectivity index (χ1) is 7.49. The van der Waals surface area contributed by atoms with E-state index in [9.17, 15) is 9.59 Å². The number of halogens is 1. The fraction of sp³-hybridized carbons (Fsp3) is 0.200. The molecule has 0 saturated carbocycles. The molecule has 0 heterocycles. The molecule has 1 rings (SSSR count). The van der Waals surface area contributed by atoms with Gasteiger partial charge in [0.2, 0.25) is 6.10 Å². The monoisotopic (exact) mass is 244 g/mol. The van der Waals surface area contributed by atoms with Crippen LogP contribution in [0.4, 0.5) is 0 Å². The minimum Gasteiger partial charge on any atom is -0.481 e. The van der Waals surface area contributed by atoms with Crippen LogP contribution in [0.25, 0.3) is 0 Å². The molecule has 5 nitrogen and oxygen atoms in total. The highest BCUT2D eigenvalue weighted by Crippen LogP contribution is 2.19. The Morgan fingerprint density at radius 3 is 2.56 bits per heavy atom. The van der Waals surface area contributed by atoms with E-state index in [1.165, 1.54) is 12.1 Å². The number of carbonyl (C=O) groups is 2. The van der Waals surface area contributed by atoms with Crippen LogP contribution in [0.3, 0.4) is 0 Å². The minimum absolute atomic E-state index is 0.223. The maximum Gasteiger partial charge on any atom is 0.345 e. The summed E-state index contributed by atoms with van der Waals surface area (Å²) in [4.78, 5) is 21.1. The first kappa shape index (κ1) is 12.3. The van der Waals surface area contributed by atoms with Gasteiger partial charge in [-0.1, -0.05) is 17.7 Å². The predicted molar refractivity (Wildman–Crippen MR) is 55.8 cm³/mol. The lowest BCUT2D eigenvalue weighted by Gasteiger charge is -2.13. The zero-order valence-corrected chi connectivity index (χ0v) is 8.85. The van der Waals surface area contributed by atoms with E-state index < -0.39 is 24.5 Å². The number of hydrogen-bond acceptors (Lipinski definition) is 3. The van der Waals surface area contributed by atoms with Crippen LogP contribution in [0.15, 0.2) is 24.3 Å². The van der Waals surface area contributed by atoms with Crippen molar-refractivity contribution in [3.05, 3.63) is 29.3 Å². The number of carboxylic acid groups (broad SMARTS) is 2. The van der Waals surface area contributed by atoms with E-state index in [4.69, 9.17) is 26.6 Å². The van der Waals surface area contributed by atoms with E-state index in [-0.39, 0.29) is 5.75 Å². The normalized spacial score (nSPS) is 11.8. The summed E-state index contributed by atoms with van der Waals surface area (Å²) in [5.74, 6) is -2.35. The standard InChI is InChI=1S/C10H9ClO5/c11-6-2-1-3-7(4-6)16-8(10(14)15)5-9(12)13/h1-4,8H,5H2,(H,12,13)(H,14,15)/t8-/m0/s1. The Labute approximate surface area is 96.2 Å². The molecule has 6 heteroatoms. The lowest BCUT2D eigenvalue weighted by atomic mass is 10.2. The van der Waals surface area contributed by atoms with Crippen LogP contribution in [0.5, 0.6) is 5.75 Å². The van der Waals surface area contributed by atoms with Gasteiger partial charge in [-0.25, -0.2) is 4.79 Å². The second-order valence-electron chi connectivity index (χ2n) is 3.00. The molecule has 0 aliphatic carbocycles. The number of aliphatic carboxylic acids is 2. The van der Waals surface area contributed by atoms with Gasteiger partial charge in [0.25, 0.3) is 0 Å². The van der Waals surface area contributed by atoms with Crippen molar-refractivity contribution >= 4 is 23.5 Å². The lowest BCUT2D eigenvalue weighted by Crippen LogP contribution is -2.29. The van der Waals surface area contributed by atoms with E-state index in [0.717, 1.165) is 0 Å². The van der Waals surface area contributed by atoms with Gasteiger partial charge < -0.3 is 14.9 Å². The van der Waals surface area contributed by atoms with Gasteiger partial charge in [0.15, 0.2) is 0 Å². The highest BCUT2D eigenvalue weighted by Gasteiger charge is 2.22. The summed E-state index contributed by atoms with van der Waals surface area (Å²) in [5, 5.41) is 17.6. The number of hydrogen-bond donors (Lipinski definition) is 2. The van der Waals surface area contributed by atoms with Crippen molar-refractivity contribution in [2.75, 3.05) is 0 Å². The molecule has 2 N–H and O–H groups in total. The molecule has 16 heavy (non-hydrogen) atoms. The van der Waals surface area contributed by atoms with E-state index in [0.29, 0.717) is 5.02 Å². The second kappa shape index (κ2) is 5.37. The number of ether oxygens (including phenoxy) is 1. The van der Waals surface area contributed by atoms with E-state index in [1.54, 1.807) is 12.1 Å². The fourth-order valence-electron chi connectivity index (χ4n) is 1.04. The molecule has 0 spiro atoms. The molecule has 0 aliphatic heterocycles. The van der Waals surface area contributed by atoms with Crippen LogP contribution in [-0.2, 0) is 9.59 Å². The molecule has 0 bridgehead atoms. The second-order valence-corrected chi connectivity index (χ2v) is 3.44. The van der Waals surface area contributed by atoms with Gasteiger partial charge in [-0.15, -0.1) is 0 Å². The van der Waals surface area contributed by atoms with Crippen LogP contribution < -0.4 is 4.74 Å². The first-order valence-electron chi connectivity index (χ1n) is 4.36. The van der Waals surface area contributed by atoms with Gasteiger partial charge >= 0.3 is 11.9 Å². The van der Waals surface area contributed by atoms with Crippen LogP contribution in [0, 0.1) is 0 Å². The average Bonchev–Trinajstić information content (AvgIpc) is 2.15. The van der Waals surface area contributed by atoms with Crippen molar-refractivity contribution in [1.82, 2.24) is 0 Å². The van der Waals surface area contributed by atoms with Crippen LogP contribution in [0.2, 0.25) is 5.02 Å². The largest absolute Gasteiger partial charge is 0.481 e. The lowest BCUT2D eigenvalue weighted by molar-refractivity contribution is -0.151. The third-order valence-corrected chi connectivity index (χ3v) is 1.94. The summed E-state index contributed by atoms with van der Waals surface area (Å²) < 4.78 is 5.00. The predicted octanol–water partition coefficient (Wildman–Crippen LogP) is 1.65. The molecule has 86 valence electrons. The maximum atomic E-state index is 10.7. The maximum absolute atomic E-state index is 10.7. The Kier molecular flexibility index (Phi) is 4.13. The smallest absolute Gasteiger partial charge is 0.345 e. The minimum atomic E-state index is -1.42. The average molecular weight is 245 g/mol. The zero-order chi connectivity index (χ0) is 12.1. The third-order valence-electron chi connectivity index (χ3n) is 1.71. The van der Waals surface area contributed by atoms with E-state index in [1.807, 2.05) is 0 Å². The first-order valence-corrected chi connectivity index (χ1v) is 4.73. The van der Waals surface area contributed by atoms with Crippen molar-refractivity contribution in [3.8, 4) is 5.75 Å². The summed E-state index contributed by atoms with van der Waals surface area (Å²) in [6.07, 6.45) is -2.03. The molecular formula is C10H9ClO5. The number of benzene rings is 1. The summed E-state index contributed by atoms with van der Waals surface area (Å²) in [6, 6.07) is 6.10. The molecule has 1 atom stereocenters. The Balaban J connectivity index is 2.75. The van der Waals surface area contributed by atoms with E-state index >= 15 is 0 Å². The summed E-state index contributed by atoms with van der Waals surface area (Å²) in [5.41, 5.74) is 0. The quantitative estimate of drug-likeness (QED) is 0.823. The SMILES string of the molecule is O=C(O)C[C@H](Oc1cccc(Cl)c1)C(=O)O. The molecule has 0 aromatic heterocycles. The van der Waals surface area contributed by atoms with Crippen molar-refractivity contribution in [2.45, 2.75) is 12.5 Å². The molecule has 0 unspecified atom stereocenters. The molecular weight excluding hydrogens is 236 g/mol. The Bertz CT molecular complexity index is 404. The molecule has 0 radical (unpaired) electrons. The summed E-state index contributed by atoms with van der Waals surface area (Å²) in [6.45, 7) is 0. The van der Waals surface area contributed by atoms with Crippen molar-refractivity contribution in [2.24, 2.45) is 0 Å². The molecule has 0 aliphatic rings. The van der Waals surface area contributed by atoms with Gasteiger partial charge in [-0.05, 0) is 18.2 Å². The number of rotatable bonds is 5. The highest BCUT2D eigenvalue weighted by molar-refractivity contribution is 6.30. The topological polar surface area (TPSA) is 83.8 Å². The molecule has 1 aromatic carbocycles. The van der Waals surface area contributed by atoms with Gasteiger partial charge in [0.05, 0.1) is 6.42 Å². The summed E-state index contributed by atoms with van der Waals surface area (Å²) in [7, 11) is 0. The van der Waals surface area contributed by atoms with Gasteiger partial charge in [-0.3, -0.25) is 4.79 Å². The van der Waals surface area contributed by atoms with Gasteiger partial charge in [-0.2, -0.15) is 0 Å². The van der Waals surface area contributed by atoms with Gasteiger partial charge in [0.1, 0.15) is 5.75 Å². The van der Waals surface area contributed by atoms with Crippen LogP contribution in [-0.4, -0.2) is 28.3 Å². The Morgan fingerprint density at radius 1 is 1.38 bits per heavy atom. The Morgan fingerprint density at radius 2 is 2.06 bits per heavy atom. The molecule has 0 amide bonds. The third kappa shape index (κ3) is 3.78. The van der Waals surface area contributed by atoms with Crippen LogP contribution >= 0.6 is 11.6 Å². The van der Waals surface area contributed by atoms with Crippen molar-refractivity contribution in [1.29, 1.82) is 0 Å². The fourth-order valence-corrected chi connectivity index (χ4v) is 1.22. The van der Waals surface area contributed by atoms with Gasteiger partial charge in [0, 0.05) is 5.02 Å². The van der Waals surface area contributed by atoms with Crippen molar-refractivity contribution in [3.63, 3.8) is 0 Å².